The molecule has 1 unspecified atom stereocenters. The quantitative estimate of drug-likeness (QED) is 0.817. The van der Waals surface area contributed by atoms with E-state index in [9.17, 15) is 4.79 Å². The summed E-state index contributed by atoms with van der Waals surface area (Å²) in [5, 5.41) is 8.83. The van der Waals surface area contributed by atoms with E-state index < -0.39 is 11.9 Å². The van der Waals surface area contributed by atoms with E-state index in [0.29, 0.717) is 5.58 Å². The molecule has 1 atom stereocenters. The van der Waals surface area contributed by atoms with Crippen LogP contribution in [0.25, 0.3) is 11.1 Å². The van der Waals surface area contributed by atoms with Gasteiger partial charge in [0.25, 0.3) is 0 Å². The van der Waals surface area contributed by atoms with Gasteiger partial charge in [0.05, 0.1) is 0 Å². The summed E-state index contributed by atoms with van der Waals surface area (Å²) in [6.45, 7) is 3.47. The highest BCUT2D eigenvalue weighted by Crippen LogP contribution is 2.23. The SMILES string of the molecule is Cc1cccc2oc(C(C)C(=O)O)nc12. The first-order valence-corrected chi connectivity index (χ1v) is 4.68. The number of para-hydroxylation sites is 1. The molecule has 0 radical (unpaired) electrons. The predicted octanol–water partition coefficient (Wildman–Crippen LogP) is 2.32. The lowest BCUT2D eigenvalue weighted by atomic mass is 10.2. The first-order valence-electron chi connectivity index (χ1n) is 4.68. The maximum absolute atomic E-state index is 10.8. The lowest BCUT2D eigenvalue weighted by Crippen LogP contribution is -2.07. The Labute approximate surface area is 86.5 Å². The molecule has 2 aromatic rings. The smallest absolute Gasteiger partial charge is 0.315 e. The molecule has 1 heterocycles. The minimum absolute atomic E-state index is 0.256. The van der Waals surface area contributed by atoms with Gasteiger partial charge in [0.2, 0.25) is 5.89 Å². The van der Waals surface area contributed by atoms with Gasteiger partial charge in [0, 0.05) is 0 Å². The number of aromatic nitrogens is 1. The molecule has 0 bridgehead atoms. The van der Waals surface area contributed by atoms with Gasteiger partial charge >= 0.3 is 5.97 Å². The van der Waals surface area contributed by atoms with Gasteiger partial charge in [-0.3, -0.25) is 4.79 Å². The molecule has 0 aliphatic rings. The summed E-state index contributed by atoms with van der Waals surface area (Å²) >= 11 is 0. The lowest BCUT2D eigenvalue weighted by Gasteiger charge is -1.97. The fourth-order valence-corrected chi connectivity index (χ4v) is 1.39. The highest BCUT2D eigenvalue weighted by atomic mass is 16.4. The Hall–Kier alpha value is -1.84. The van der Waals surface area contributed by atoms with E-state index in [4.69, 9.17) is 9.52 Å². The monoisotopic (exact) mass is 205 g/mol. The van der Waals surface area contributed by atoms with Crippen LogP contribution in [0.15, 0.2) is 22.6 Å². The van der Waals surface area contributed by atoms with E-state index in [1.165, 1.54) is 0 Å². The molecule has 4 nitrogen and oxygen atoms in total. The molecule has 1 N–H and O–H groups in total. The number of carbonyl (C=O) groups is 1. The van der Waals surface area contributed by atoms with Gasteiger partial charge in [0.1, 0.15) is 11.4 Å². The molecule has 0 saturated heterocycles. The minimum atomic E-state index is -0.931. The second kappa shape index (κ2) is 3.38. The molecule has 2 rings (SSSR count). The first-order chi connectivity index (χ1) is 7.09. The Kier molecular flexibility index (Phi) is 2.19. The summed E-state index contributed by atoms with van der Waals surface area (Å²) in [5.41, 5.74) is 2.36. The lowest BCUT2D eigenvalue weighted by molar-refractivity contribution is -0.138. The third-order valence-corrected chi connectivity index (χ3v) is 2.38. The van der Waals surface area contributed by atoms with Gasteiger partial charge in [-0.05, 0) is 25.5 Å². The molecule has 78 valence electrons. The van der Waals surface area contributed by atoms with E-state index >= 15 is 0 Å². The number of carboxylic acid groups (broad SMARTS) is 1. The third-order valence-electron chi connectivity index (χ3n) is 2.38. The number of hydrogen-bond donors (Lipinski definition) is 1. The molecule has 0 amide bonds. The molecular weight excluding hydrogens is 194 g/mol. The van der Waals surface area contributed by atoms with Crippen LogP contribution in [0.2, 0.25) is 0 Å². The van der Waals surface area contributed by atoms with E-state index in [2.05, 4.69) is 4.98 Å². The van der Waals surface area contributed by atoms with Gasteiger partial charge < -0.3 is 9.52 Å². The van der Waals surface area contributed by atoms with Gasteiger partial charge in [-0.1, -0.05) is 12.1 Å². The van der Waals surface area contributed by atoms with Crippen molar-refractivity contribution in [2.75, 3.05) is 0 Å². The number of carboxylic acids is 1. The zero-order valence-corrected chi connectivity index (χ0v) is 8.52. The Balaban J connectivity index is 2.56. The topological polar surface area (TPSA) is 63.3 Å². The van der Waals surface area contributed by atoms with Crippen molar-refractivity contribution in [3.05, 3.63) is 29.7 Å². The van der Waals surface area contributed by atoms with Crippen molar-refractivity contribution in [3.63, 3.8) is 0 Å². The summed E-state index contributed by atoms with van der Waals surface area (Å²) in [6.07, 6.45) is 0. The minimum Gasteiger partial charge on any atom is -0.481 e. The summed E-state index contributed by atoms with van der Waals surface area (Å²) in [7, 11) is 0. The molecule has 4 heteroatoms. The summed E-state index contributed by atoms with van der Waals surface area (Å²) in [4.78, 5) is 14.9. The molecule has 1 aromatic carbocycles. The number of aryl methyl sites for hydroxylation is 1. The van der Waals surface area contributed by atoms with Crippen LogP contribution in [0.5, 0.6) is 0 Å². The summed E-state index contributed by atoms with van der Waals surface area (Å²) in [5.74, 6) is -1.39. The number of oxazole rings is 1. The van der Waals surface area contributed by atoms with Crippen molar-refractivity contribution >= 4 is 17.1 Å². The molecule has 0 spiro atoms. The number of benzene rings is 1. The van der Waals surface area contributed by atoms with Crippen molar-refractivity contribution in [1.82, 2.24) is 4.98 Å². The zero-order valence-electron chi connectivity index (χ0n) is 8.52. The molecule has 0 saturated carbocycles. The second-order valence-electron chi connectivity index (χ2n) is 3.53. The van der Waals surface area contributed by atoms with Crippen molar-refractivity contribution in [2.24, 2.45) is 0 Å². The van der Waals surface area contributed by atoms with Crippen molar-refractivity contribution < 1.29 is 14.3 Å². The molecule has 0 aliphatic heterocycles. The van der Waals surface area contributed by atoms with Crippen LogP contribution in [0.3, 0.4) is 0 Å². The van der Waals surface area contributed by atoms with Crippen molar-refractivity contribution in [1.29, 1.82) is 0 Å². The van der Waals surface area contributed by atoms with Crippen molar-refractivity contribution in [3.8, 4) is 0 Å². The zero-order chi connectivity index (χ0) is 11.0. The number of aliphatic carboxylic acids is 1. The van der Waals surface area contributed by atoms with Gasteiger partial charge in [-0.15, -0.1) is 0 Å². The summed E-state index contributed by atoms with van der Waals surface area (Å²) in [6, 6.07) is 5.56. The Morgan fingerprint density at radius 1 is 1.53 bits per heavy atom. The second-order valence-corrected chi connectivity index (χ2v) is 3.53. The van der Waals surface area contributed by atoms with Crippen LogP contribution in [-0.4, -0.2) is 16.1 Å². The molecular formula is C11H11NO3. The van der Waals surface area contributed by atoms with E-state index in [1.807, 2.05) is 19.1 Å². The fourth-order valence-electron chi connectivity index (χ4n) is 1.39. The van der Waals surface area contributed by atoms with Crippen LogP contribution >= 0.6 is 0 Å². The molecule has 1 aromatic heterocycles. The van der Waals surface area contributed by atoms with E-state index in [-0.39, 0.29) is 5.89 Å². The van der Waals surface area contributed by atoms with Crippen LogP contribution in [0, 0.1) is 6.92 Å². The maximum Gasteiger partial charge on any atom is 0.315 e. The molecule has 0 aliphatic carbocycles. The Bertz CT molecular complexity index is 516. The highest BCUT2D eigenvalue weighted by molar-refractivity contribution is 5.79. The average molecular weight is 205 g/mol. The first kappa shape index (κ1) is 9.71. The summed E-state index contributed by atoms with van der Waals surface area (Å²) < 4.78 is 5.38. The standard InChI is InChI=1S/C11H11NO3/c1-6-4-3-5-8-9(6)12-10(15-8)7(2)11(13)14/h3-5,7H,1-2H3,(H,13,14). The Morgan fingerprint density at radius 2 is 2.27 bits per heavy atom. The number of rotatable bonds is 2. The maximum atomic E-state index is 10.8. The third kappa shape index (κ3) is 1.58. The fraction of sp³-hybridized carbons (Fsp3) is 0.273. The van der Waals surface area contributed by atoms with Crippen molar-refractivity contribution in [2.45, 2.75) is 19.8 Å². The molecule has 15 heavy (non-hydrogen) atoms. The number of hydrogen-bond acceptors (Lipinski definition) is 3. The number of nitrogens with zero attached hydrogens (tertiary/aromatic N) is 1. The number of fused-ring (bicyclic) bond motifs is 1. The van der Waals surface area contributed by atoms with Gasteiger partial charge in [0.15, 0.2) is 5.58 Å². The van der Waals surface area contributed by atoms with E-state index in [0.717, 1.165) is 11.1 Å². The molecule has 0 fully saturated rings. The van der Waals surface area contributed by atoms with Crippen LogP contribution in [0.1, 0.15) is 24.3 Å². The van der Waals surface area contributed by atoms with Crippen LogP contribution in [-0.2, 0) is 4.79 Å². The normalized spacial score (nSPS) is 12.9. The van der Waals surface area contributed by atoms with Gasteiger partial charge in [-0.2, -0.15) is 0 Å². The van der Waals surface area contributed by atoms with E-state index in [1.54, 1.807) is 13.0 Å². The van der Waals surface area contributed by atoms with Crippen LogP contribution < -0.4 is 0 Å². The highest BCUT2D eigenvalue weighted by Gasteiger charge is 2.20. The predicted molar refractivity (Wildman–Crippen MR) is 54.8 cm³/mol. The van der Waals surface area contributed by atoms with Crippen LogP contribution in [0.4, 0.5) is 0 Å². The Morgan fingerprint density at radius 3 is 2.87 bits per heavy atom. The van der Waals surface area contributed by atoms with Gasteiger partial charge in [-0.25, -0.2) is 4.98 Å². The largest absolute Gasteiger partial charge is 0.481 e. The average Bonchev–Trinajstić information content (AvgIpc) is 2.61.